The predicted molar refractivity (Wildman–Crippen MR) is 75.3 cm³/mol. The fourth-order valence-electron chi connectivity index (χ4n) is 1.79. The molecule has 0 spiro atoms. The third-order valence-corrected chi connectivity index (χ3v) is 2.68. The van der Waals surface area contributed by atoms with Crippen LogP contribution in [0.2, 0.25) is 0 Å². The lowest BCUT2D eigenvalue weighted by Gasteiger charge is -2.10. The van der Waals surface area contributed by atoms with Gasteiger partial charge in [0.05, 0.1) is 6.54 Å². The van der Waals surface area contributed by atoms with Crippen LogP contribution in [0.4, 0.5) is 11.5 Å². The zero-order valence-corrected chi connectivity index (χ0v) is 10.6. The molecule has 0 bridgehead atoms. The van der Waals surface area contributed by atoms with E-state index in [-0.39, 0.29) is 6.54 Å². The van der Waals surface area contributed by atoms with Crippen molar-refractivity contribution in [2.75, 3.05) is 24.1 Å². The molecule has 2 rings (SSSR count). The fraction of sp³-hybridized carbons (Fsp3) is 0.154. The summed E-state index contributed by atoms with van der Waals surface area (Å²) >= 11 is 0. The van der Waals surface area contributed by atoms with E-state index in [1.165, 1.54) is 0 Å². The quantitative estimate of drug-likeness (QED) is 0.587. The van der Waals surface area contributed by atoms with Gasteiger partial charge in [0.2, 0.25) is 5.91 Å². The van der Waals surface area contributed by atoms with Gasteiger partial charge in [0.25, 0.3) is 0 Å². The van der Waals surface area contributed by atoms with Gasteiger partial charge in [-0.05, 0) is 17.5 Å². The summed E-state index contributed by atoms with van der Waals surface area (Å²) in [6.07, 6.45) is 1.61. The molecule has 2 aromatic rings. The van der Waals surface area contributed by atoms with Crippen LogP contribution in [0.1, 0.15) is 0 Å². The van der Waals surface area contributed by atoms with Gasteiger partial charge >= 0.3 is 5.97 Å². The SMILES string of the molecule is Nc1cccc2ccnc(NCC(=O)NCC(=O)O)c12. The van der Waals surface area contributed by atoms with Gasteiger partial charge in [0.15, 0.2) is 0 Å². The van der Waals surface area contributed by atoms with Crippen LogP contribution in [0.3, 0.4) is 0 Å². The number of carboxylic acids is 1. The predicted octanol–water partition coefficient (Wildman–Crippen LogP) is 0.430. The Hall–Kier alpha value is -2.83. The van der Waals surface area contributed by atoms with Crippen LogP contribution in [0.15, 0.2) is 30.5 Å². The first-order valence-corrected chi connectivity index (χ1v) is 5.93. The van der Waals surface area contributed by atoms with Gasteiger partial charge in [-0.2, -0.15) is 0 Å². The molecule has 1 heterocycles. The van der Waals surface area contributed by atoms with Crippen molar-refractivity contribution in [1.82, 2.24) is 10.3 Å². The minimum Gasteiger partial charge on any atom is -0.480 e. The molecule has 0 aliphatic carbocycles. The van der Waals surface area contributed by atoms with Crippen LogP contribution in [-0.4, -0.2) is 35.1 Å². The smallest absolute Gasteiger partial charge is 0.322 e. The van der Waals surface area contributed by atoms with Crippen molar-refractivity contribution in [2.24, 2.45) is 0 Å². The van der Waals surface area contributed by atoms with Gasteiger partial charge in [-0.25, -0.2) is 4.98 Å². The second-order valence-electron chi connectivity index (χ2n) is 4.13. The fourth-order valence-corrected chi connectivity index (χ4v) is 1.79. The van der Waals surface area contributed by atoms with Gasteiger partial charge in [-0.1, -0.05) is 12.1 Å². The number of hydrogen-bond donors (Lipinski definition) is 4. The summed E-state index contributed by atoms with van der Waals surface area (Å²) in [6, 6.07) is 7.30. The van der Waals surface area contributed by atoms with E-state index in [4.69, 9.17) is 10.8 Å². The van der Waals surface area contributed by atoms with Gasteiger partial charge < -0.3 is 21.5 Å². The Labute approximate surface area is 114 Å². The maximum atomic E-state index is 11.4. The zero-order valence-electron chi connectivity index (χ0n) is 10.6. The van der Waals surface area contributed by atoms with Crippen LogP contribution < -0.4 is 16.4 Å². The normalized spacial score (nSPS) is 10.2. The molecule has 0 atom stereocenters. The Kier molecular flexibility index (Phi) is 3.99. The molecular formula is C13H14N4O3. The van der Waals surface area contributed by atoms with E-state index in [0.29, 0.717) is 11.5 Å². The second kappa shape index (κ2) is 5.87. The molecule has 20 heavy (non-hydrogen) atoms. The highest BCUT2D eigenvalue weighted by molar-refractivity contribution is 6.01. The first kappa shape index (κ1) is 13.6. The number of nitrogens with one attached hydrogen (secondary N) is 2. The first-order chi connectivity index (χ1) is 9.58. The van der Waals surface area contributed by atoms with Gasteiger partial charge in [0.1, 0.15) is 12.4 Å². The Bertz CT molecular complexity index is 652. The van der Waals surface area contributed by atoms with Crippen molar-refractivity contribution in [3.05, 3.63) is 30.5 Å². The second-order valence-corrected chi connectivity index (χ2v) is 4.13. The molecule has 0 aliphatic heterocycles. The van der Waals surface area contributed by atoms with Crippen molar-refractivity contribution in [3.63, 3.8) is 0 Å². The Morgan fingerprint density at radius 2 is 2.05 bits per heavy atom. The zero-order chi connectivity index (χ0) is 14.5. The molecule has 0 unspecified atom stereocenters. The standard InChI is InChI=1S/C13H14N4O3/c14-9-3-1-2-8-4-5-15-13(12(8)9)17-6-10(18)16-7-11(19)20/h1-5H,6-7,14H2,(H,15,17)(H,16,18)(H,19,20). The number of amides is 1. The maximum absolute atomic E-state index is 11.4. The molecule has 104 valence electrons. The number of fused-ring (bicyclic) bond motifs is 1. The molecule has 0 radical (unpaired) electrons. The lowest BCUT2D eigenvalue weighted by atomic mass is 10.1. The number of nitrogens with zero attached hydrogens (tertiary/aromatic N) is 1. The average molecular weight is 274 g/mol. The topological polar surface area (TPSA) is 117 Å². The lowest BCUT2D eigenvalue weighted by Crippen LogP contribution is -2.34. The molecular weight excluding hydrogens is 260 g/mol. The maximum Gasteiger partial charge on any atom is 0.322 e. The average Bonchev–Trinajstić information content (AvgIpc) is 2.43. The Morgan fingerprint density at radius 3 is 2.80 bits per heavy atom. The highest BCUT2D eigenvalue weighted by Crippen LogP contribution is 2.26. The highest BCUT2D eigenvalue weighted by Gasteiger charge is 2.08. The number of aliphatic carboxylic acids is 1. The number of rotatable bonds is 5. The number of nitrogen functional groups attached to an aromatic ring is 1. The minimum absolute atomic E-state index is 0.0757. The Balaban J connectivity index is 2.10. The third kappa shape index (κ3) is 3.14. The molecule has 1 aromatic heterocycles. The number of carboxylic acid groups (broad SMARTS) is 1. The first-order valence-electron chi connectivity index (χ1n) is 5.93. The summed E-state index contributed by atoms with van der Waals surface area (Å²) in [6.45, 7) is -0.487. The van der Waals surface area contributed by atoms with Crippen LogP contribution in [0.25, 0.3) is 10.8 Å². The van der Waals surface area contributed by atoms with Crippen molar-refractivity contribution >= 4 is 34.2 Å². The van der Waals surface area contributed by atoms with Gasteiger partial charge in [0, 0.05) is 17.3 Å². The lowest BCUT2D eigenvalue weighted by molar-refractivity contribution is -0.137. The van der Waals surface area contributed by atoms with Crippen LogP contribution >= 0.6 is 0 Å². The number of hydrogen-bond acceptors (Lipinski definition) is 5. The monoisotopic (exact) mass is 274 g/mol. The number of pyridine rings is 1. The number of nitrogens with two attached hydrogens (primary N) is 1. The van der Waals surface area contributed by atoms with E-state index in [1.54, 1.807) is 12.3 Å². The van der Waals surface area contributed by atoms with Crippen LogP contribution in [-0.2, 0) is 9.59 Å². The van der Waals surface area contributed by atoms with Crippen molar-refractivity contribution in [3.8, 4) is 0 Å². The summed E-state index contributed by atoms with van der Waals surface area (Å²) in [4.78, 5) is 25.9. The van der Waals surface area contributed by atoms with Gasteiger partial charge in [-0.15, -0.1) is 0 Å². The summed E-state index contributed by atoms with van der Waals surface area (Å²) in [5, 5.41) is 15.2. The molecule has 1 amide bonds. The third-order valence-electron chi connectivity index (χ3n) is 2.68. The van der Waals surface area contributed by atoms with E-state index >= 15 is 0 Å². The number of carbonyl (C=O) groups excluding carboxylic acids is 1. The molecule has 7 heteroatoms. The van der Waals surface area contributed by atoms with Crippen molar-refractivity contribution in [2.45, 2.75) is 0 Å². The highest BCUT2D eigenvalue weighted by atomic mass is 16.4. The van der Waals surface area contributed by atoms with E-state index in [2.05, 4.69) is 15.6 Å². The van der Waals surface area contributed by atoms with E-state index in [1.807, 2.05) is 18.2 Å². The Morgan fingerprint density at radius 1 is 1.25 bits per heavy atom. The molecule has 5 N–H and O–H groups in total. The largest absolute Gasteiger partial charge is 0.480 e. The number of anilines is 2. The molecule has 0 saturated heterocycles. The summed E-state index contributed by atoms with van der Waals surface area (Å²) in [7, 11) is 0. The minimum atomic E-state index is -1.09. The number of carbonyl (C=O) groups is 2. The summed E-state index contributed by atoms with van der Waals surface area (Å²) in [5.41, 5.74) is 6.46. The van der Waals surface area contributed by atoms with Crippen LogP contribution in [0, 0.1) is 0 Å². The van der Waals surface area contributed by atoms with Gasteiger partial charge in [-0.3, -0.25) is 9.59 Å². The molecule has 0 fully saturated rings. The van der Waals surface area contributed by atoms with Crippen LogP contribution in [0.5, 0.6) is 0 Å². The molecule has 0 aliphatic rings. The van der Waals surface area contributed by atoms with Crippen molar-refractivity contribution < 1.29 is 14.7 Å². The summed E-state index contributed by atoms with van der Waals surface area (Å²) in [5.74, 6) is -1.03. The molecule has 1 aromatic carbocycles. The number of aromatic nitrogens is 1. The van der Waals surface area contributed by atoms with E-state index < -0.39 is 18.4 Å². The molecule has 0 saturated carbocycles. The number of benzene rings is 1. The van der Waals surface area contributed by atoms with Crippen molar-refractivity contribution in [1.29, 1.82) is 0 Å². The summed E-state index contributed by atoms with van der Waals surface area (Å²) < 4.78 is 0. The molecule has 7 nitrogen and oxygen atoms in total. The van der Waals surface area contributed by atoms with E-state index in [0.717, 1.165) is 10.8 Å². The van der Waals surface area contributed by atoms with E-state index in [9.17, 15) is 9.59 Å².